The first-order valence-corrected chi connectivity index (χ1v) is 46.3. The summed E-state index contributed by atoms with van der Waals surface area (Å²) in [6, 6.07) is 135. The van der Waals surface area contributed by atoms with Crippen molar-refractivity contribution < 1.29 is 8.83 Å². The number of hydrogen-bond donors (Lipinski definition) is 0. The van der Waals surface area contributed by atoms with Crippen LogP contribution >= 0.6 is 45.3 Å². The van der Waals surface area contributed by atoms with Gasteiger partial charge in [0.15, 0.2) is 23.3 Å². The monoisotopic (exact) mass is 1720 g/mol. The molecule has 0 aliphatic heterocycles. The molecule has 12 heterocycles. The molecule has 0 amide bonds. The molecular weight excluding hydrogens is 1660 g/mol. The number of hydrogen-bond acceptors (Lipinski definition) is 12. The quantitative estimate of drug-likeness (QED) is 0.162. The van der Waals surface area contributed by atoms with Gasteiger partial charge in [0.1, 0.15) is 16.0 Å². The van der Waals surface area contributed by atoms with E-state index in [9.17, 15) is 0 Å². The van der Waals surface area contributed by atoms with Crippen molar-refractivity contribution in [1.82, 2.24) is 43.6 Å². The molecule has 0 spiro atoms. The van der Waals surface area contributed by atoms with E-state index in [0.29, 0.717) is 23.2 Å². The highest BCUT2D eigenvalue weighted by atomic mass is 32.1. The molecule has 600 valence electrons. The van der Waals surface area contributed by atoms with Gasteiger partial charge in [0.05, 0.1) is 55.0 Å². The van der Waals surface area contributed by atoms with Gasteiger partial charge in [-0.2, -0.15) is 9.97 Å². The molecule has 0 unspecified atom stereocenters. The van der Waals surface area contributed by atoms with Gasteiger partial charge < -0.3 is 8.83 Å². The Morgan fingerprint density at radius 1 is 0.209 bits per heavy atom. The summed E-state index contributed by atoms with van der Waals surface area (Å²) < 4.78 is 28.5. The molecule has 0 saturated heterocycles. The molecule has 0 radical (unpaired) electrons. The van der Waals surface area contributed by atoms with E-state index in [0.717, 1.165) is 116 Å². The van der Waals surface area contributed by atoms with E-state index in [4.69, 9.17) is 38.7 Å². The first-order valence-electron chi connectivity index (χ1n) is 43.0. The standard InChI is InChI=1S/2C38H21N3OS.C38H21N3S2/c1-2-11-23-21-31-29(20-22(23)10-1)24-12-3-6-17-30(24)41(31)37-34-27-14-4-7-18-32(27)42-38(34)40-36(39-37)28-16-9-15-26-25-13-5-8-19-33(25)43-35(26)28;1-2-11-23-21-30-28(20-22(23)10-1)24-12-3-6-16-29(24)41(30)38-39-36(35-25-13-4-7-17-31(25)42-37(35)40-38)27-15-9-19-33-34(27)26-14-5-8-18-32(26)43-33;1-2-11-23-21-31-29(20-22(23)10-1)24-12-3-6-17-30(24)41(31)37-34-27-14-5-8-19-33(27)43-38(34)40-36(39-37)28-16-9-15-26-25-13-4-7-18-32(25)42-35(26)28/h3*1-21H. The summed E-state index contributed by atoms with van der Waals surface area (Å²) in [5.74, 6) is 3.77. The van der Waals surface area contributed by atoms with Crippen LogP contribution in [-0.4, -0.2) is 43.6 Å². The van der Waals surface area contributed by atoms with Crippen LogP contribution in [0.4, 0.5) is 0 Å². The molecule has 11 nitrogen and oxygen atoms in total. The zero-order valence-corrected chi connectivity index (χ0v) is 71.6. The Bertz CT molecular complexity index is 9670. The molecule has 0 bridgehead atoms. The maximum atomic E-state index is 6.47. The topological polar surface area (TPSA) is 118 Å². The number of aromatic nitrogens is 9. The Labute approximate surface area is 748 Å². The molecule has 30 aromatic rings. The largest absolute Gasteiger partial charge is 0.437 e. The van der Waals surface area contributed by atoms with Crippen LogP contribution in [0.1, 0.15) is 0 Å². The smallest absolute Gasteiger partial charge is 0.238 e. The minimum absolute atomic E-state index is 0.587. The van der Waals surface area contributed by atoms with E-state index in [-0.39, 0.29) is 0 Å². The third-order valence-electron chi connectivity index (χ3n) is 25.9. The second-order valence-corrected chi connectivity index (χ2v) is 37.2. The van der Waals surface area contributed by atoms with E-state index in [1.54, 1.807) is 22.7 Å². The second kappa shape index (κ2) is 28.2. The summed E-state index contributed by atoms with van der Waals surface area (Å²) in [4.78, 5) is 32.9. The van der Waals surface area contributed by atoms with E-state index < -0.39 is 0 Å². The van der Waals surface area contributed by atoms with E-state index in [1.807, 2.05) is 59.1 Å². The number of fused-ring (bicyclic) bond motifs is 30. The van der Waals surface area contributed by atoms with Crippen LogP contribution in [-0.2, 0) is 0 Å². The van der Waals surface area contributed by atoms with Crippen molar-refractivity contribution in [3.8, 4) is 51.6 Å². The minimum Gasteiger partial charge on any atom is -0.437 e. The molecule has 0 aliphatic carbocycles. The van der Waals surface area contributed by atoms with Gasteiger partial charge in [-0.1, -0.05) is 273 Å². The maximum absolute atomic E-state index is 6.47. The molecule has 15 heteroatoms. The Balaban J connectivity index is 0.0000000976. The van der Waals surface area contributed by atoms with Crippen LogP contribution in [0.15, 0.2) is 391 Å². The van der Waals surface area contributed by atoms with Crippen molar-refractivity contribution in [2.24, 2.45) is 0 Å². The van der Waals surface area contributed by atoms with E-state index in [1.165, 1.54) is 135 Å². The predicted octanol–water partition coefficient (Wildman–Crippen LogP) is 32.5. The van der Waals surface area contributed by atoms with Crippen molar-refractivity contribution in [2.75, 3.05) is 0 Å². The van der Waals surface area contributed by atoms with Gasteiger partial charge in [-0.15, -0.1) is 45.3 Å². The van der Waals surface area contributed by atoms with E-state index >= 15 is 0 Å². The molecule has 0 atom stereocenters. The third kappa shape index (κ3) is 11.0. The first kappa shape index (κ1) is 72.2. The predicted molar refractivity (Wildman–Crippen MR) is 544 cm³/mol. The molecule has 0 fully saturated rings. The van der Waals surface area contributed by atoms with Crippen LogP contribution < -0.4 is 0 Å². The highest BCUT2D eigenvalue weighted by Crippen LogP contribution is 2.50. The highest BCUT2D eigenvalue weighted by molar-refractivity contribution is 7.27. The summed E-state index contributed by atoms with van der Waals surface area (Å²) in [5.41, 5.74) is 13.5. The summed E-state index contributed by atoms with van der Waals surface area (Å²) in [7, 11) is 0. The SMILES string of the molecule is c1ccc2cc3c(cc2c1)c1ccccc1n3-c1nc(-c2cccc3c2sc2ccccc23)nc2oc3ccccc3c12.c1ccc2cc3c(cc2c1)c1ccccc1n3-c1nc(-c2cccc3c2sc2ccccc23)nc2sc3ccccc3c12.c1ccc2cc3c(cc2c1)c1ccccc1n3-c1nc(-c2cccc3sc4ccccc4c23)c2c(n1)oc1ccccc12. The molecule has 30 rings (SSSR count). The Kier molecular flexibility index (Phi) is 15.8. The van der Waals surface area contributed by atoms with Crippen LogP contribution in [0, 0.1) is 0 Å². The Morgan fingerprint density at radius 2 is 0.566 bits per heavy atom. The van der Waals surface area contributed by atoms with Crippen LogP contribution in [0.3, 0.4) is 0 Å². The van der Waals surface area contributed by atoms with Gasteiger partial charge in [0.2, 0.25) is 17.4 Å². The summed E-state index contributed by atoms with van der Waals surface area (Å²) >= 11 is 7.17. The molecule has 12 aromatic heterocycles. The molecule has 0 saturated carbocycles. The number of furan rings is 2. The van der Waals surface area contributed by atoms with Gasteiger partial charge >= 0.3 is 0 Å². The fraction of sp³-hybridized carbons (Fsp3) is 0. The Morgan fingerprint density at radius 3 is 1.09 bits per heavy atom. The first-order chi connectivity index (χ1) is 63.9. The lowest BCUT2D eigenvalue weighted by atomic mass is 10.0. The molecule has 129 heavy (non-hydrogen) atoms. The third-order valence-corrected chi connectivity index (χ3v) is 30.5. The fourth-order valence-electron chi connectivity index (χ4n) is 20.1. The van der Waals surface area contributed by atoms with Gasteiger partial charge in [-0.25, -0.2) is 19.9 Å². The molecule has 18 aromatic carbocycles. The number of para-hydroxylation sites is 5. The maximum Gasteiger partial charge on any atom is 0.238 e. The number of nitrogens with zero attached hydrogens (tertiary/aromatic N) is 9. The lowest BCUT2D eigenvalue weighted by Gasteiger charge is -2.12. The summed E-state index contributed by atoms with van der Waals surface area (Å²) in [6.45, 7) is 0. The van der Waals surface area contributed by atoms with Crippen LogP contribution in [0.25, 0.3) is 274 Å². The zero-order chi connectivity index (χ0) is 84.2. The van der Waals surface area contributed by atoms with Crippen molar-refractivity contribution >= 4 is 268 Å². The minimum atomic E-state index is 0.587. The van der Waals surface area contributed by atoms with Crippen molar-refractivity contribution in [3.63, 3.8) is 0 Å². The lowest BCUT2D eigenvalue weighted by Crippen LogP contribution is -2.03. The lowest BCUT2D eigenvalue weighted by molar-refractivity contribution is 0.651. The van der Waals surface area contributed by atoms with Gasteiger partial charge in [0, 0.05) is 130 Å². The molecule has 0 N–H and O–H groups in total. The average Bonchev–Trinajstić information content (AvgIpc) is 1.57. The molecular formula is C114H63N9O2S4. The number of benzene rings is 18. The number of rotatable bonds is 6. The van der Waals surface area contributed by atoms with Crippen LogP contribution in [0.2, 0.25) is 0 Å². The number of thiophene rings is 4. The molecule has 0 aliphatic rings. The van der Waals surface area contributed by atoms with E-state index in [2.05, 4.69) is 359 Å². The van der Waals surface area contributed by atoms with Crippen molar-refractivity contribution in [2.45, 2.75) is 0 Å². The summed E-state index contributed by atoms with van der Waals surface area (Å²) in [5, 5.41) is 28.1. The van der Waals surface area contributed by atoms with Gasteiger partial charge in [-0.3, -0.25) is 13.7 Å². The second-order valence-electron chi connectivity index (χ2n) is 33.0. The summed E-state index contributed by atoms with van der Waals surface area (Å²) in [6.07, 6.45) is 0. The van der Waals surface area contributed by atoms with Crippen molar-refractivity contribution in [1.29, 1.82) is 0 Å². The normalized spacial score (nSPS) is 12.2. The fourth-order valence-corrected chi connectivity index (χ4v) is 24.8. The van der Waals surface area contributed by atoms with Crippen LogP contribution in [0.5, 0.6) is 0 Å². The Hall–Kier alpha value is -16.1. The highest BCUT2D eigenvalue weighted by Gasteiger charge is 2.29. The zero-order valence-electron chi connectivity index (χ0n) is 68.3. The van der Waals surface area contributed by atoms with Gasteiger partial charge in [-0.05, 0) is 142 Å². The average molecular weight is 1720 g/mol. The van der Waals surface area contributed by atoms with Crippen molar-refractivity contribution in [3.05, 3.63) is 382 Å². The van der Waals surface area contributed by atoms with Gasteiger partial charge in [0.25, 0.3) is 0 Å².